The van der Waals surface area contributed by atoms with E-state index in [2.05, 4.69) is 20.8 Å². The van der Waals surface area contributed by atoms with Gasteiger partial charge in [-0.25, -0.2) is 9.18 Å². The minimum absolute atomic E-state index is 0.0747. The van der Waals surface area contributed by atoms with Crippen LogP contribution < -0.4 is 0 Å². The van der Waals surface area contributed by atoms with Crippen molar-refractivity contribution in [3.63, 3.8) is 0 Å². The van der Waals surface area contributed by atoms with Crippen LogP contribution in [0.25, 0.3) is 0 Å². The van der Waals surface area contributed by atoms with Gasteiger partial charge in [0.1, 0.15) is 11.9 Å². The van der Waals surface area contributed by atoms with Crippen LogP contribution in [-0.4, -0.2) is 74.3 Å². The van der Waals surface area contributed by atoms with Crippen molar-refractivity contribution in [3.8, 4) is 0 Å². The third-order valence-corrected chi connectivity index (χ3v) is 14.3. The van der Waals surface area contributed by atoms with Crippen LogP contribution in [0.15, 0.2) is 40.9 Å². The Labute approximate surface area is 328 Å². The normalized spacial score (nSPS) is 32.1. The van der Waals surface area contributed by atoms with Crippen molar-refractivity contribution in [2.45, 2.75) is 102 Å². The number of ether oxygens (including phenoxy) is 5. The number of esters is 2. The molecule has 0 N–H and O–H groups in total. The molecule has 4 heterocycles. The van der Waals surface area contributed by atoms with Gasteiger partial charge in [0.2, 0.25) is 5.60 Å². The summed E-state index contributed by atoms with van der Waals surface area (Å²) >= 11 is 3.24. The summed E-state index contributed by atoms with van der Waals surface area (Å²) < 4.78 is 127. The molecular weight excluding hydrogens is 819 g/mol. The van der Waals surface area contributed by atoms with Crippen LogP contribution >= 0.6 is 15.9 Å². The number of carbonyl (C=O) groups is 2. The summed E-state index contributed by atoms with van der Waals surface area (Å²) in [5.74, 6) is -2.16. The fraction of sp³-hybridized carbons (Fsp3) is 0.650. The molecule has 16 heteroatoms. The number of hydrogen-bond acceptors (Lipinski definition) is 8. The summed E-state index contributed by atoms with van der Waals surface area (Å²) in [6, 6.07) is 5.82. The minimum atomic E-state index is -5.02. The summed E-state index contributed by atoms with van der Waals surface area (Å²) in [6.45, 7) is 9.57. The highest BCUT2D eigenvalue weighted by Crippen LogP contribution is 2.66. The second-order valence-corrected chi connectivity index (χ2v) is 17.7. The summed E-state index contributed by atoms with van der Waals surface area (Å²) in [5.41, 5.74) is -5.90. The zero-order chi connectivity index (χ0) is 40.6. The lowest BCUT2D eigenvalue weighted by Crippen LogP contribution is -2.53. The number of piperidine rings is 1. The zero-order valence-corrected chi connectivity index (χ0v) is 33.0. The van der Waals surface area contributed by atoms with E-state index in [-0.39, 0.29) is 41.2 Å². The van der Waals surface area contributed by atoms with Crippen molar-refractivity contribution in [1.29, 1.82) is 0 Å². The molecule has 4 saturated heterocycles. The average molecular weight is 865 g/mol. The number of halogens is 8. The molecule has 8 nitrogen and oxygen atoms in total. The molecule has 308 valence electrons. The van der Waals surface area contributed by atoms with Gasteiger partial charge in [-0.15, -0.1) is 0 Å². The van der Waals surface area contributed by atoms with Gasteiger partial charge in [0.15, 0.2) is 6.29 Å². The first-order chi connectivity index (χ1) is 26.1. The molecule has 2 aromatic rings. The van der Waals surface area contributed by atoms with Crippen LogP contribution in [-0.2, 0) is 45.6 Å². The van der Waals surface area contributed by atoms with Crippen LogP contribution in [0.1, 0.15) is 94.1 Å². The zero-order valence-electron chi connectivity index (χ0n) is 31.5. The Kier molecular flexibility index (Phi) is 10.7. The number of fused-ring (bicyclic) bond motifs is 2. The fourth-order valence-electron chi connectivity index (χ4n) is 9.52. The molecule has 2 aromatic carbocycles. The van der Waals surface area contributed by atoms with Crippen molar-refractivity contribution in [2.24, 2.45) is 22.2 Å². The number of rotatable bonds is 8. The monoisotopic (exact) mass is 863 g/mol. The highest BCUT2D eigenvalue weighted by molar-refractivity contribution is 9.10. The third-order valence-electron chi connectivity index (χ3n) is 13.7. The van der Waals surface area contributed by atoms with E-state index in [1.54, 1.807) is 12.1 Å². The predicted molar refractivity (Wildman–Crippen MR) is 189 cm³/mol. The smallest absolute Gasteiger partial charge is 0.416 e. The van der Waals surface area contributed by atoms with Crippen molar-refractivity contribution >= 4 is 27.9 Å². The standard InChI is InChI=1S/C40H45BrF7NO7/c1-22(25-15-26(39(43,44)45)18-27(16-25)40(46,47)48)54-32-31(23-5-6-29(42)28(41)17-23)24(7-14-53-32)19-49-12-10-37(11-13-49)21-52-20-30(37)55-34(51)38-9-8-36(4,33(50)56-38)35(38,2)3/h5-6,15-18,22,24,30-32H,7-14,19-21H2,1-4H3/t22-,24+,30+,31+,32-,36+,38-/m1/s1. The molecule has 7 rings (SSSR count). The highest BCUT2D eigenvalue weighted by Gasteiger charge is 2.77. The Morgan fingerprint density at radius 3 is 2.21 bits per heavy atom. The molecule has 1 aliphatic carbocycles. The second-order valence-electron chi connectivity index (χ2n) is 16.9. The molecule has 0 unspecified atom stereocenters. The van der Waals surface area contributed by atoms with Crippen LogP contribution in [0.3, 0.4) is 0 Å². The predicted octanol–water partition coefficient (Wildman–Crippen LogP) is 9.00. The van der Waals surface area contributed by atoms with E-state index in [1.807, 2.05) is 20.8 Å². The van der Waals surface area contributed by atoms with Crippen molar-refractivity contribution < 1.29 is 64.0 Å². The van der Waals surface area contributed by atoms with Crippen LogP contribution in [0.2, 0.25) is 0 Å². The van der Waals surface area contributed by atoms with Crippen LogP contribution in [0.4, 0.5) is 30.7 Å². The van der Waals surface area contributed by atoms with E-state index in [9.17, 15) is 40.3 Å². The number of carbonyl (C=O) groups excluding carboxylic acids is 2. The fourth-order valence-corrected chi connectivity index (χ4v) is 9.91. The third kappa shape index (κ3) is 7.06. The van der Waals surface area contributed by atoms with E-state index < -0.39 is 81.5 Å². The van der Waals surface area contributed by atoms with Gasteiger partial charge in [0, 0.05) is 23.3 Å². The van der Waals surface area contributed by atoms with Gasteiger partial charge in [-0.2, -0.15) is 26.3 Å². The number of likely N-dealkylation sites (tertiary alicyclic amines) is 1. The summed E-state index contributed by atoms with van der Waals surface area (Å²) in [4.78, 5) is 28.9. The molecule has 0 amide bonds. The largest absolute Gasteiger partial charge is 0.456 e. The molecular formula is C40H45BrF7NO7. The Morgan fingerprint density at radius 2 is 1.64 bits per heavy atom. The van der Waals surface area contributed by atoms with Crippen LogP contribution in [0, 0.1) is 28.0 Å². The first-order valence-corrected chi connectivity index (χ1v) is 19.7. The number of alkyl halides is 6. The molecule has 0 aromatic heterocycles. The lowest BCUT2D eigenvalue weighted by atomic mass is 9.66. The summed E-state index contributed by atoms with van der Waals surface area (Å²) in [7, 11) is 0. The van der Waals surface area contributed by atoms with E-state index >= 15 is 0 Å². The van der Waals surface area contributed by atoms with Gasteiger partial charge in [-0.05, 0) is 122 Å². The molecule has 2 bridgehead atoms. The first kappa shape index (κ1) is 41.4. The van der Waals surface area contributed by atoms with E-state index in [4.69, 9.17) is 23.7 Å². The van der Waals surface area contributed by atoms with Gasteiger partial charge >= 0.3 is 24.3 Å². The molecule has 56 heavy (non-hydrogen) atoms. The number of benzene rings is 2. The quantitative estimate of drug-likeness (QED) is 0.192. The molecule has 0 radical (unpaired) electrons. The van der Waals surface area contributed by atoms with Gasteiger partial charge < -0.3 is 28.6 Å². The van der Waals surface area contributed by atoms with Crippen LogP contribution in [0.5, 0.6) is 0 Å². The molecule has 5 aliphatic rings. The van der Waals surface area contributed by atoms with Gasteiger partial charge in [-0.1, -0.05) is 19.9 Å². The van der Waals surface area contributed by atoms with Crippen molar-refractivity contribution in [1.82, 2.24) is 4.90 Å². The minimum Gasteiger partial charge on any atom is -0.456 e. The highest BCUT2D eigenvalue weighted by atomic mass is 79.9. The maximum absolute atomic E-state index is 14.4. The molecule has 7 atom stereocenters. The van der Waals surface area contributed by atoms with Crippen molar-refractivity contribution in [2.75, 3.05) is 39.5 Å². The van der Waals surface area contributed by atoms with Gasteiger partial charge in [-0.3, -0.25) is 4.79 Å². The average Bonchev–Trinajstić information content (AvgIpc) is 3.65. The van der Waals surface area contributed by atoms with E-state index in [0.717, 1.165) is 0 Å². The summed E-state index contributed by atoms with van der Waals surface area (Å²) in [5, 5.41) is 0. The Hall–Kier alpha value is -2.79. The maximum Gasteiger partial charge on any atom is 0.416 e. The molecule has 1 saturated carbocycles. The van der Waals surface area contributed by atoms with Gasteiger partial charge in [0.05, 0.1) is 46.9 Å². The lowest BCUT2D eigenvalue weighted by molar-refractivity contribution is -0.211. The molecule has 5 fully saturated rings. The van der Waals surface area contributed by atoms with E-state index in [1.165, 1.54) is 13.0 Å². The molecule has 4 aliphatic heterocycles. The number of nitrogens with zero attached hydrogens (tertiary/aromatic N) is 1. The SMILES string of the molecule is C[C@@H](O[C@H]1OCC[C@@H](CN2CCC3(CC2)COC[C@@H]3OC(=O)[C@@]23CC[C@@](C)(C(=O)O2)C3(C)C)[C@@H]1c1ccc(F)c(Br)c1)c1cc(C(F)(F)F)cc(C(F)(F)F)c1. The van der Waals surface area contributed by atoms with Crippen molar-refractivity contribution in [3.05, 3.63) is 68.9 Å². The van der Waals surface area contributed by atoms with Gasteiger partial charge in [0.25, 0.3) is 0 Å². The Balaban J connectivity index is 1.07. The molecule has 1 spiro atoms. The van der Waals surface area contributed by atoms with E-state index in [0.29, 0.717) is 76.0 Å². The lowest BCUT2D eigenvalue weighted by Gasteiger charge is -2.45. The first-order valence-electron chi connectivity index (χ1n) is 18.9. The second kappa shape index (κ2) is 14.5. The number of hydrogen-bond donors (Lipinski definition) is 0. The Bertz CT molecular complexity index is 1820. The Morgan fingerprint density at radius 1 is 0.982 bits per heavy atom. The maximum atomic E-state index is 14.4. The summed E-state index contributed by atoms with van der Waals surface area (Å²) in [6.07, 6.45) is -10.1. The topological polar surface area (TPSA) is 83.5 Å².